The number of benzene rings is 1. The lowest BCUT2D eigenvalue weighted by Crippen LogP contribution is -2.43. The zero-order valence-electron chi connectivity index (χ0n) is 16.0. The van der Waals surface area contributed by atoms with Crippen molar-refractivity contribution in [2.24, 2.45) is 0 Å². The Hall–Kier alpha value is -2.23. The van der Waals surface area contributed by atoms with Gasteiger partial charge in [0.15, 0.2) is 0 Å². The highest BCUT2D eigenvalue weighted by atomic mass is 35.5. The van der Waals surface area contributed by atoms with Crippen LogP contribution in [-0.4, -0.2) is 70.5 Å². The van der Waals surface area contributed by atoms with Crippen LogP contribution in [0.15, 0.2) is 24.3 Å². The van der Waals surface area contributed by atoms with Crippen LogP contribution in [0.25, 0.3) is 0 Å². The van der Waals surface area contributed by atoms with Gasteiger partial charge in [0.2, 0.25) is 5.91 Å². The molecule has 1 aliphatic heterocycles. The van der Waals surface area contributed by atoms with Crippen LogP contribution in [0.1, 0.15) is 26.2 Å². The molecule has 1 aromatic carbocycles. The molecule has 1 amide bonds. The second-order valence-corrected chi connectivity index (χ2v) is 6.90. The van der Waals surface area contributed by atoms with Gasteiger partial charge >= 0.3 is 5.97 Å². The number of aliphatic carboxylic acids is 1. The topological polar surface area (TPSA) is 116 Å². The quantitative estimate of drug-likeness (QED) is 0.519. The van der Waals surface area contributed by atoms with Gasteiger partial charge in [-0.2, -0.15) is 0 Å². The normalized spacial score (nSPS) is 18.6. The summed E-state index contributed by atoms with van der Waals surface area (Å²) in [7, 11) is 1.81. The number of rotatable bonds is 7. The second kappa shape index (κ2) is 10.9. The molecule has 0 aromatic heterocycles. The molecule has 1 saturated heterocycles. The molecule has 2 N–H and O–H groups in total. The van der Waals surface area contributed by atoms with Gasteiger partial charge in [-0.05, 0) is 45.8 Å². The lowest BCUT2D eigenvalue weighted by atomic mass is 10.1. The first-order chi connectivity index (χ1) is 12.8. The lowest BCUT2D eigenvalue weighted by Gasteiger charge is -2.28. The minimum Gasteiger partial charge on any atom is -0.480 e. The summed E-state index contributed by atoms with van der Waals surface area (Å²) in [6.07, 6.45) is 2.56. The summed E-state index contributed by atoms with van der Waals surface area (Å²) in [6, 6.07) is 5.67. The van der Waals surface area contributed by atoms with E-state index < -0.39 is 10.9 Å². The number of amides is 1. The number of nitro groups is 1. The number of carbonyl (C=O) groups is 2. The summed E-state index contributed by atoms with van der Waals surface area (Å²) in [5.41, 5.74) is 0.328. The first-order valence-electron chi connectivity index (χ1n) is 8.99. The average molecular weight is 415 g/mol. The number of carboxylic acid groups (broad SMARTS) is 1. The second-order valence-electron chi connectivity index (χ2n) is 6.90. The number of nitro benzene ring substituents is 1. The number of hydrogen-bond donors (Lipinski definition) is 2. The van der Waals surface area contributed by atoms with Gasteiger partial charge in [0, 0.05) is 30.4 Å². The fourth-order valence-electron chi connectivity index (χ4n) is 3.38. The Kier molecular flexibility index (Phi) is 9.30. The van der Waals surface area contributed by atoms with E-state index in [9.17, 15) is 19.7 Å². The number of likely N-dealkylation sites (N-methyl/N-ethyl adjacent to an activating group) is 1. The van der Waals surface area contributed by atoms with Crippen molar-refractivity contribution < 1.29 is 19.6 Å². The van der Waals surface area contributed by atoms with Crippen molar-refractivity contribution in [2.45, 2.75) is 38.3 Å². The standard InChI is InChI=1S/C18H26N4O5.ClH/c1-13(18(25)19-14-5-3-6-16(11-14)22(26)27)21-9-4-7-15(8-10-21)20(2)12-17(23)24;/h3,5-6,11,13,15H,4,7-10,12H2,1-2H3,(H,19,25)(H,23,24);1H. The highest BCUT2D eigenvalue weighted by molar-refractivity contribution is 5.94. The molecule has 2 unspecified atom stereocenters. The van der Waals surface area contributed by atoms with E-state index in [0.717, 1.165) is 25.8 Å². The van der Waals surface area contributed by atoms with E-state index in [-0.39, 0.29) is 42.6 Å². The summed E-state index contributed by atoms with van der Waals surface area (Å²) < 4.78 is 0. The first kappa shape index (κ1) is 23.8. The number of non-ortho nitro benzene ring substituents is 1. The Balaban J connectivity index is 0.00000392. The molecule has 156 valence electrons. The van der Waals surface area contributed by atoms with E-state index in [2.05, 4.69) is 10.2 Å². The number of halogens is 1. The molecule has 10 heteroatoms. The zero-order chi connectivity index (χ0) is 20.0. The Morgan fingerprint density at radius 1 is 1.39 bits per heavy atom. The van der Waals surface area contributed by atoms with Crippen molar-refractivity contribution in [3.05, 3.63) is 34.4 Å². The van der Waals surface area contributed by atoms with Crippen LogP contribution in [0.3, 0.4) is 0 Å². The molecule has 28 heavy (non-hydrogen) atoms. The van der Waals surface area contributed by atoms with Crippen LogP contribution >= 0.6 is 12.4 Å². The fourth-order valence-corrected chi connectivity index (χ4v) is 3.38. The van der Waals surface area contributed by atoms with Gasteiger partial charge in [-0.25, -0.2) is 0 Å². The van der Waals surface area contributed by atoms with Crippen molar-refractivity contribution in [1.82, 2.24) is 9.80 Å². The number of anilines is 1. The van der Waals surface area contributed by atoms with Crippen LogP contribution < -0.4 is 5.32 Å². The number of carboxylic acids is 1. The molecule has 1 aliphatic rings. The summed E-state index contributed by atoms with van der Waals surface area (Å²) in [5, 5.41) is 22.5. The van der Waals surface area contributed by atoms with Crippen LogP contribution in [0.5, 0.6) is 0 Å². The molecule has 2 atom stereocenters. The molecule has 0 spiro atoms. The van der Waals surface area contributed by atoms with Gasteiger partial charge in [-0.15, -0.1) is 12.4 Å². The monoisotopic (exact) mass is 414 g/mol. The molecule has 1 fully saturated rings. The molecule has 0 aliphatic carbocycles. The van der Waals surface area contributed by atoms with Crippen LogP contribution in [0.2, 0.25) is 0 Å². The number of nitrogens with zero attached hydrogens (tertiary/aromatic N) is 3. The van der Waals surface area contributed by atoms with Crippen molar-refractivity contribution in [3.8, 4) is 0 Å². The van der Waals surface area contributed by atoms with Crippen LogP contribution in [-0.2, 0) is 9.59 Å². The van der Waals surface area contributed by atoms with E-state index in [1.807, 2.05) is 18.9 Å². The van der Waals surface area contributed by atoms with Gasteiger partial charge in [0.05, 0.1) is 17.5 Å². The molecular weight excluding hydrogens is 388 g/mol. The maximum Gasteiger partial charge on any atom is 0.317 e. The Labute approximate surface area is 170 Å². The average Bonchev–Trinajstić information content (AvgIpc) is 2.87. The predicted molar refractivity (Wildman–Crippen MR) is 108 cm³/mol. The molecule has 0 saturated carbocycles. The number of likely N-dealkylation sites (tertiary alicyclic amines) is 1. The minimum absolute atomic E-state index is 0. The van der Waals surface area contributed by atoms with E-state index in [0.29, 0.717) is 12.2 Å². The Morgan fingerprint density at radius 2 is 2.11 bits per heavy atom. The fraction of sp³-hybridized carbons (Fsp3) is 0.556. The molecule has 0 bridgehead atoms. The van der Waals surface area contributed by atoms with E-state index >= 15 is 0 Å². The minimum atomic E-state index is -0.844. The van der Waals surface area contributed by atoms with Gasteiger partial charge in [-0.3, -0.25) is 29.5 Å². The van der Waals surface area contributed by atoms with Gasteiger partial charge in [-0.1, -0.05) is 6.07 Å². The Bertz CT molecular complexity index is 702. The maximum atomic E-state index is 12.6. The molecule has 2 rings (SSSR count). The Morgan fingerprint density at radius 3 is 2.75 bits per heavy atom. The van der Waals surface area contributed by atoms with Gasteiger partial charge < -0.3 is 10.4 Å². The summed E-state index contributed by atoms with van der Waals surface area (Å²) in [6.45, 7) is 3.26. The summed E-state index contributed by atoms with van der Waals surface area (Å²) >= 11 is 0. The van der Waals surface area contributed by atoms with Crippen LogP contribution in [0, 0.1) is 10.1 Å². The molecule has 0 radical (unpaired) electrons. The predicted octanol–water partition coefficient (Wildman–Crippen LogP) is 2.21. The summed E-state index contributed by atoms with van der Waals surface area (Å²) in [5.74, 6) is -1.06. The highest BCUT2D eigenvalue weighted by Gasteiger charge is 2.27. The molecule has 1 heterocycles. The number of carbonyl (C=O) groups excluding carboxylic acids is 1. The van der Waals surface area contributed by atoms with E-state index in [4.69, 9.17) is 5.11 Å². The lowest BCUT2D eigenvalue weighted by molar-refractivity contribution is -0.384. The van der Waals surface area contributed by atoms with E-state index in [1.54, 1.807) is 6.07 Å². The molecular formula is C18H27ClN4O5. The van der Waals surface area contributed by atoms with Gasteiger partial charge in [0.25, 0.3) is 5.69 Å². The third kappa shape index (κ3) is 6.74. The van der Waals surface area contributed by atoms with E-state index in [1.165, 1.54) is 18.2 Å². The summed E-state index contributed by atoms with van der Waals surface area (Å²) in [4.78, 5) is 37.7. The van der Waals surface area contributed by atoms with Crippen molar-refractivity contribution in [3.63, 3.8) is 0 Å². The zero-order valence-corrected chi connectivity index (χ0v) is 16.9. The largest absolute Gasteiger partial charge is 0.480 e. The smallest absolute Gasteiger partial charge is 0.317 e. The van der Waals surface area contributed by atoms with Gasteiger partial charge in [0.1, 0.15) is 0 Å². The van der Waals surface area contributed by atoms with Crippen molar-refractivity contribution in [1.29, 1.82) is 0 Å². The number of nitrogens with one attached hydrogen (secondary N) is 1. The van der Waals surface area contributed by atoms with Crippen molar-refractivity contribution in [2.75, 3.05) is 32.0 Å². The number of hydrogen-bond acceptors (Lipinski definition) is 6. The maximum absolute atomic E-state index is 12.6. The highest BCUT2D eigenvalue weighted by Crippen LogP contribution is 2.20. The van der Waals surface area contributed by atoms with Crippen molar-refractivity contribution >= 4 is 35.7 Å². The molecule has 1 aromatic rings. The first-order valence-corrected chi connectivity index (χ1v) is 8.99. The SMILES string of the molecule is CC(C(=O)Nc1cccc([N+](=O)[O-])c1)N1CCCC(N(C)CC(=O)O)CC1.Cl. The molecule has 9 nitrogen and oxygen atoms in total. The third-order valence-corrected chi connectivity index (χ3v) is 4.99. The third-order valence-electron chi connectivity index (χ3n) is 4.99. The van der Waals surface area contributed by atoms with Crippen LogP contribution in [0.4, 0.5) is 11.4 Å².